The van der Waals surface area contributed by atoms with E-state index in [1.54, 1.807) is 0 Å². The number of rotatable bonds is 1. The summed E-state index contributed by atoms with van der Waals surface area (Å²) in [6.07, 6.45) is 0.919. The molecule has 0 saturated carbocycles. The molecule has 0 fully saturated rings. The zero-order valence-electron chi connectivity index (χ0n) is 8.16. The van der Waals surface area contributed by atoms with E-state index in [1.165, 1.54) is 5.56 Å². The molecule has 3 rings (SSSR count). The molecule has 0 aliphatic carbocycles. The van der Waals surface area contributed by atoms with Gasteiger partial charge in [-0.1, -0.05) is 11.6 Å². The van der Waals surface area contributed by atoms with Crippen molar-refractivity contribution in [2.24, 2.45) is 4.99 Å². The summed E-state index contributed by atoms with van der Waals surface area (Å²) in [5, 5.41) is 4.00. The first kappa shape index (κ1) is 9.04. The van der Waals surface area contributed by atoms with Crippen molar-refractivity contribution in [3.05, 3.63) is 28.8 Å². The van der Waals surface area contributed by atoms with E-state index in [0.717, 1.165) is 36.1 Å². The molecule has 2 aliphatic heterocycles. The van der Waals surface area contributed by atoms with Crippen molar-refractivity contribution in [2.45, 2.75) is 12.5 Å². The molecule has 2 heterocycles. The van der Waals surface area contributed by atoms with Crippen LogP contribution in [-0.4, -0.2) is 25.0 Å². The van der Waals surface area contributed by atoms with Crippen LogP contribution in [0, 0.1) is 0 Å². The lowest BCUT2D eigenvalue weighted by Gasteiger charge is -2.10. The lowest BCUT2D eigenvalue weighted by atomic mass is 10.1. The molecule has 2 aliphatic rings. The number of aliphatic imine (C=N–C) groups is 1. The van der Waals surface area contributed by atoms with Crippen LogP contribution in [0.2, 0.25) is 5.02 Å². The fraction of sp³-hybridized carbons (Fsp3) is 0.364. The van der Waals surface area contributed by atoms with Gasteiger partial charge >= 0.3 is 0 Å². The standard InChI is InChI=1S/C11H11ClN2O/c12-8-1-2-9-7(5-8)6-10(15-9)11-13-3-4-14-11/h1-2,5,10H,3-4,6H2,(H,13,14). The van der Waals surface area contributed by atoms with E-state index in [1.807, 2.05) is 18.2 Å². The summed E-state index contributed by atoms with van der Waals surface area (Å²) in [5.74, 6) is 1.91. The third kappa shape index (κ3) is 1.57. The number of nitrogens with one attached hydrogen (secondary N) is 1. The van der Waals surface area contributed by atoms with Crippen molar-refractivity contribution in [2.75, 3.05) is 13.1 Å². The van der Waals surface area contributed by atoms with Gasteiger partial charge in [0.1, 0.15) is 11.6 Å². The van der Waals surface area contributed by atoms with Gasteiger partial charge in [-0.3, -0.25) is 4.99 Å². The minimum atomic E-state index is 0.0565. The molecule has 0 aromatic heterocycles. The summed E-state index contributed by atoms with van der Waals surface area (Å²) in [4.78, 5) is 4.37. The van der Waals surface area contributed by atoms with Crippen LogP contribution in [0.1, 0.15) is 5.56 Å². The maximum absolute atomic E-state index is 5.93. The molecule has 0 saturated heterocycles. The Balaban J connectivity index is 1.85. The van der Waals surface area contributed by atoms with Gasteiger partial charge in [0.25, 0.3) is 0 Å². The number of benzene rings is 1. The number of hydrogen-bond donors (Lipinski definition) is 1. The quantitative estimate of drug-likeness (QED) is 0.784. The third-order valence-corrected chi connectivity index (χ3v) is 2.94. The first-order chi connectivity index (χ1) is 7.33. The molecule has 1 atom stereocenters. The highest BCUT2D eigenvalue weighted by Crippen LogP contribution is 2.31. The zero-order chi connectivity index (χ0) is 10.3. The summed E-state index contributed by atoms with van der Waals surface area (Å²) in [6, 6.07) is 5.74. The van der Waals surface area contributed by atoms with Gasteiger partial charge in [-0.15, -0.1) is 0 Å². The molecule has 0 spiro atoms. The Morgan fingerprint density at radius 2 is 2.40 bits per heavy atom. The predicted molar refractivity (Wildman–Crippen MR) is 59.9 cm³/mol. The largest absolute Gasteiger partial charge is 0.482 e. The van der Waals surface area contributed by atoms with Crippen LogP contribution >= 0.6 is 11.6 Å². The van der Waals surface area contributed by atoms with E-state index >= 15 is 0 Å². The molecule has 78 valence electrons. The molecule has 3 nitrogen and oxygen atoms in total. The number of hydrogen-bond acceptors (Lipinski definition) is 3. The smallest absolute Gasteiger partial charge is 0.159 e. The number of halogens is 1. The Labute approximate surface area is 93.1 Å². The van der Waals surface area contributed by atoms with Crippen LogP contribution in [0.4, 0.5) is 0 Å². The second kappa shape index (κ2) is 3.42. The van der Waals surface area contributed by atoms with Crippen LogP contribution in [0.3, 0.4) is 0 Å². The van der Waals surface area contributed by atoms with Crippen LogP contribution in [0.15, 0.2) is 23.2 Å². The van der Waals surface area contributed by atoms with E-state index in [0.29, 0.717) is 0 Å². The highest BCUT2D eigenvalue weighted by Gasteiger charge is 2.28. The molecule has 0 bridgehead atoms. The lowest BCUT2D eigenvalue weighted by molar-refractivity contribution is 0.298. The van der Waals surface area contributed by atoms with E-state index in [9.17, 15) is 0 Å². The Kier molecular flexibility index (Phi) is 2.06. The molecular formula is C11H11ClN2O. The average molecular weight is 223 g/mol. The second-order valence-electron chi connectivity index (χ2n) is 3.76. The van der Waals surface area contributed by atoms with Gasteiger partial charge < -0.3 is 10.1 Å². The van der Waals surface area contributed by atoms with Crippen LogP contribution in [0.25, 0.3) is 0 Å². The lowest BCUT2D eigenvalue weighted by Crippen LogP contribution is -2.34. The highest BCUT2D eigenvalue weighted by atomic mass is 35.5. The van der Waals surface area contributed by atoms with E-state index in [2.05, 4.69) is 10.3 Å². The summed E-state index contributed by atoms with van der Waals surface area (Å²) in [5.41, 5.74) is 1.17. The molecule has 0 amide bonds. The highest BCUT2D eigenvalue weighted by molar-refractivity contribution is 6.30. The zero-order valence-corrected chi connectivity index (χ0v) is 8.92. The first-order valence-electron chi connectivity index (χ1n) is 5.06. The Morgan fingerprint density at radius 1 is 1.47 bits per heavy atom. The number of ether oxygens (including phenoxy) is 1. The fourth-order valence-electron chi connectivity index (χ4n) is 2.00. The predicted octanol–water partition coefficient (Wildman–Crippen LogP) is 1.65. The topological polar surface area (TPSA) is 33.6 Å². The van der Waals surface area contributed by atoms with Gasteiger partial charge in [0, 0.05) is 18.0 Å². The van der Waals surface area contributed by atoms with Crippen LogP contribution in [-0.2, 0) is 6.42 Å². The van der Waals surface area contributed by atoms with E-state index < -0.39 is 0 Å². The molecule has 1 aromatic rings. The molecule has 0 radical (unpaired) electrons. The van der Waals surface area contributed by atoms with Crippen LogP contribution < -0.4 is 10.1 Å². The Morgan fingerprint density at radius 3 is 3.20 bits per heavy atom. The van der Waals surface area contributed by atoms with Crippen molar-refractivity contribution in [1.82, 2.24) is 5.32 Å². The van der Waals surface area contributed by atoms with E-state index in [-0.39, 0.29) is 6.10 Å². The SMILES string of the molecule is Clc1ccc2c(c1)CC(C1=NCCN1)O2. The first-order valence-corrected chi connectivity index (χ1v) is 5.44. The van der Waals surface area contributed by atoms with Crippen molar-refractivity contribution in [3.8, 4) is 5.75 Å². The van der Waals surface area contributed by atoms with Gasteiger partial charge in [-0.2, -0.15) is 0 Å². The van der Waals surface area contributed by atoms with Gasteiger partial charge in [0.2, 0.25) is 0 Å². The molecular weight excluding hydrogens is 212 g/mol. The third-order valence-electron chi connectivity index (χ3n) is 2.70. The Bertz CT molecular complexity index is 431. The fourth-order valence-corrected chi connectivity index (χ4v) is 2.20. The summed E-state index contributed by atoms with van der Waals surface area (Å²) >= 11 is 5.93. The average Bonchev–Trinajstić information content (AvgIpc) is 2.84. The van der Waals surface area contributed by atoms with Crippen molar-refractivity contribution in [1.29, 1.82) is 0 Å². The minimum absolute atomic E-state index is 0.0565. The maximum atomic E-state index is 5.93. The summed E-state index contributed by atoms with van der Waals surface area (Å²) < 4.78 is 5.79. The van der Waals surface area contributed by atoms with Crippen molar-refractivity contribution >= 4 is 17.4 Å². The maximum Gasteiger partial charge on any atom is 0.159 e. The number of fused-ring (bicyclic) bond motifs is 1. The monoisotopic (exact) mass is 222 g/mol. The van der Waals surface area contributed by atoms with Gasteiger partial charge in [0.05, 0.1) is 6.54 Å². The van der Waals surface area contributed by atoms with Crippen LogP contribution in [0.5, 0.6) is 5.75 Å². The molecule has 1 aromatic carbocycles. The minimum Gasteiger partial charge on any atom is -0.482 e. The molecule has 4 heteroatoms. The Hall–Kier alpha value is -1.22. The summed E-state index contributed by atoms with van der Waals surface area (Å²) in [7, 11) is 0. The molecule has 1 unspecified atom stereocenters. The normalized spacial score (nSPS) is 23.0. The van der Waals surface area contributed by atoms with Gasteiger partial charge in [0.15, 0.2) is 6.10 Å². The van der Waals surface area contributed by atoms with Gasteiger partial charge in [-0.25, -0.2) is 0 Å². The van der Waals surface area contributed by atoms with Crippen molar-refractivity contribution in [3.63, 3.8) is 0 Å². The molecule has 15 heavy (non-hydrogen) atoms. The van der Waals surface area contributed by atoms with Gasteiger partial charge in [-0.05, 0) is 23.8 Å². The number of amidine groups is 1. The molecule has 1 N–H and O–H groups in total. The second-order valence-corrected chi connectivity index (χ2v) is 4.19. The summed E-state index contributed by atoms with van der Waals surface area (Å²) in [6.45, 7) is 1.78. The number of nitrogens with zero attached hydrogens (tertiary/aromatic N) is 1. The van der Waals surface area contributed by atoms with Crippen molar-refractivity contribution < 1.29 is 4.74 Å². The van der Waals surface area contributed by atoms with E-state index in [4.69, 9.17) is 16.3 Å².